The molecular formula is C19H20N2OS2. The summed E-state index contributed by atoms with van der Waals surface area (Å²) in [6.07, 6.45) is 3.21. The minimum Gasteiger partial charge on any atom is -0.397 e. The number of pyridine rings is 1. The molecule has 0 atom stereocenters. The lowest BCUT2D eigenvalue weighted by Gasteiger charge is -2.15. The lowest BCUT2D eigenvalue weighted by molar-refractivity contribution is 0.0863. The molecule has 0 radical (unpaired) electrons. The highest BCUT2D eigenvalue weighted by Gasteiger charge is 2.31. The summed E-state index contributed by atoms with van der Waals surface area (Å²) in [6, 6.07) is 4.21. The Balaban J connectivity index is 2.06. The average molecular weight is 357 g/mol. The van der Waals surface area contributed by atoms with Crippen LogP contribution in [0.2, 0.25) is 0 Å². The van der Waals surface area contributed by atoms with Gasteiger partial charge >= 0.3 is 0 Å². The van der Waals surface area contributed by atoms with Gasteiger partial charge in [-0.2, -0.15) is 0 Å². The zero-order chi connectivity index (χ0) is 17.1. The van der Waals surface area contributed by atoms with E-state index in [2.05, 4.69) is 17.5 Å². The van der Waals surface area contributed by atoms with Gasteiger partial charge < -0.3 is 5.73 Å². The number of ketones is 1. The largest absolute Gasteiger partial charge is 0.397 e. The van der Waals surface area contributed by atoms with Gasteiger partial charge in [-0.15, -0.1) is 22.7 Å². The minimum atomic E-state index is -0.444. The van der Waals surface area contributed by atoms with Crippen molar-refractivity contribution in [1.29, 1.82) is 0 Å². The predicted molar refractivity (Wildman–Crippen MR) is 103 cm³/mol. The van der Waals surface area contributed by atoms with Gasteiger partial charge in [0.25, 0.3) is 0 Å². The fourth-order valence-electron chi connectivity index (χ4n) is 3.35. The molecule has 1 aliphatic carbocycles. The molecule has 0 spiro atoms. The summed E-state index contributed by atoms with van der Waals surface area (Å²) in [4.78, 5) is 20.5. The molecule has 3 aromatic rings. The molecule has 2 N–H and O–H groups in total. The van der Waals surface area contributed by atoms with E-state index in [4.69, 9.17) is 10.7 Å². The molecule has 0 fully saturated rings. The van der Waals surface area contributed by atoms with Gasteiger partial charge in [-0.25, -0.2) is 4.98 Å². The summed E-state index contributed by atoms with van der Waals surface area (Å²) in [6.45, 7) is 5.81. The van der Waals surface area contributed by atoms with Crippen LogP contribution in [0.3, 0.4) is 0 Å². The zero-order valence-corrected chi connectivity index (χ0v) is 15.7. The third-order valence-corrected chi connectivity index (χ3v) is 6.54. The molecule has 3 nitrogen and oxygen atoms in total. The third-order valence-electron chi connectivity index (χ3n) is 4.56. The topological polar surface area (TPSA) is 56.0 Å². The number of nitrogen functional groups attached to an aromatic ring is 1. The van der Waals surface area contributed by atoms with E-state index in [-0.39, 0.29) is 5.78 Å². The van der Waals surface area contributed by atoms with Gasteiger partial charge in [0.05, 0.1) is 10.6 Å². The second-order valence-electron chi connectivity index (χ2n) is 7.35. The van der Waals surface area contributed by atoms with Gasteiger partial charge in [0.1, 0.15) is 4.83 Å². The Morgan fingerprint density at radius 2 is 2.08 bits per heavy atom. The fraction of sp³-hybridized carbons (Fsp3) is 0.368. The van der Waals surface area contributed by atoms with Crippen LogP contribution in [0.5, 0.6) is 0 Å². The van der Waals surface area contributed by atoms with E-state index in [0.29, 0.717) is 10.6 Å². The average Bonchev–Trinajstić information content (AvgIpc) is 3.23. The molecule has 0 aliphatic heterocycles. The number of nitrogens with zero attached hydrogens (tertiary/aromatic N) is 1. The summed E-state index contributed by atoms with van der Waals surface area (Å²) in [7, 11) is 0. The van der Waals surface area contributed by atoms with Crippen molar-refractivity contribution in [2.24, 2.45) is 5.41 Å². The number of hydrogen-bond acceptors (Lipinski definition) is 5. The molecule has 124 valence electrons. The lowest BCUT2D eigenvalue weighted by Crippen LogP contribution is -2.20. The number of Topliss-reactive ketones (excluding diaryl/α,β-unsaturated/α-hetero) is 1. The second-order valence-corrected chi connectivity index (χ2v) is 9.29. The molecule has 0 aromatic carbocycles. The monoisotopic (exact) mass is 356 g/mol. The van der Waals surface area contributed by atoms with Crippen molar-refractivity contribution in [3.63, 3.8) is 0 Å². The van der Waals surface area contributed by atoms with Crippen LogP contribution in [0.25, 0.3) is 20.7 Å². The van der Waals surface area contributed by atoms with Crippen molar-refractivity contribution in [2.45, 2.75) is 40.0 Å². The number of thiophene rings is 2. The van der Waals surface area contributed by atoms with Crippen LogP contribution in [0.15, 0.2) is 17.5 Å². The first kappa shape index (κ1) is 15.8. The molecule has 3 heterocycles. The highest BCUT2D eigenvalue weighted by molar-refractivity contribution is 7.21. The molecule has 0 saturated heterocycles. The van der Waals surface area contributed by atoms with E-state index in [1.54, 1.807) is 11.3 Å². The Kier molecular flexibility index (Phi) is 3.55. The highest BCUT2D eigenvalue weighted by atomic mass is 32.1. The smallest absolute Gasteiger partial charge is 0.180 e. The second kappa shape index (κ2) is 5.39. The Bertz CT molecular complexity index is 946. The van der Waals surface area contributed by atoms with Crippen molar-refractivity contribution < 1.29 is 4.79 Å². The first-order chi connectivity index (χ1) is 11.4. The van der Waals surface area contributed by atoms with E-state index < -0.39 is 5.41 Å². The number of aryl methyl sites for hydroxylation is 1. The number of fused-ring (bicyclic) bond motifs is 2. The van der Waals surface area contributed by atoms with Gasteiger partial charge in [0, 0.05) is 26.9 Å². The molecule has 0 saturated carbocycles. The van der Waals surface area contributed by atoms with Gasteiger partial charge in [-0.1, -0.05) is 26.8 Å². The summed E-state index contributed by atoms with van der Waals surface area (Å²) in [5.41, 5.74) is 10.4. The SMILES string of the molecule is CC(C)(C)C(=O)c1sc2nc3c(c(-c4cccs4)c2c1N)CCC3. The number of nitrogens with two attached hydrogens (primary N) is 1. The zero-order valence-electron chi connectivity index (χ0n) is 14.1. The normalized spacial score (nSPS) is 14.3. The molecule has 5 heteroatoms. The molecule has 24 heavy (non-hydrogen) atoms. The van der Waals surface area contributed by atoms with Gasteiger partial charge in [-0.3, -0.25) is 4.79 Å². The van der Waals surface area contributed by atoms with Crippen molar-refractivity contribution >= 4 is 44.4 Å². The minimum absolute atomic E-state index is 0.0975. The van der Waals surface area contributed by atoms with Gasteiger partial charge in [0.2, 0.25) is 0 Å². The van der Waals surface area contributed by atoms with Crippen molar-refractivity contribution in [1.82, 2.24) is 4.98 Å². The van der Waals surface area contributed by atoms with Crippen molar-refractivity contribution in [2.75, 3.05) is 5.73 Å². The maximum Gasteiger partial charge on any atom is 0.180 e. The van der Waals surface area contributed by atoms with Crippen LogP contribution >= 0.6 is 22.7 Å². The molecule has 0 unspecified atom stereocenters. The molecule has 0 bridgehead atoms. The molecular weight excluding hydrogens is 336 g/mol. The quantitative estimate of drug-likeness (QED) is 0.632. The van der Waals surface area contributed by atoms with E-state index >= 15 is 0 Å². The predicted octanol–water partition coefficient (Wildman–Crippen LogP) is 5.32. The lowest BCUT2D eigenvalue weighted by atomic mass is 9.89. The van der Waals surface area contributed by atoms with Crippen LogP contribution in [0, 0.1) is 5.41 Å². The van der Waals surface area contributed by atoms with Crippen LogP contribution in [0.4, 0.5) is 5.69 Å². The Labute approximate surface area is 149 Å². The van der Waals surface area contributed by atoms with Crippen LogP contribution in [-0.4, -0.2) is 10.8 Å². The van der Waals surface area contributed by atoms with E-state index in [1.807, 2.05) is 20.8 Å². The number of anilines is 1. The standard InChI is InChI=1S/C19H20N2OS2/c1-19(2,3)17(22)16-15(20)14-13(12-8-5-9-23-12)10-6-4-7-11(10)21-18(14)24-16/h5,8-9H,4,6-7,20H2,1-3H3. The Morgan fingerprint density at radius 1 is 1.29 bits per heavy atom. The number of carbonyl (C=O) groups is 1. The van der Waals surface area contributed by atoms with Crippen LogP contribution in [-0.2, 0) is 12.8 Å². The first-order valence-corrected chi connectivity index (χ1v) is 9.90. The maximum atomic E-state index is 12.8. The molecule has 0 amide bonds. The number of rotatable bonds is 2. The molecule has 3 aromatic heterocycles. The van der Waals surface area contributed by atoms with E-state index in [0.717, 1.165) is 29.5 Å². The summed E-state index contributed by atoms with van der Waals surface area (Å²) >= 11 is 3.18. The van der Waals surface area contributed by atoms with E-state index in [9.17, 15) is 4.79 Å². The van der Waals surface area contributed by atoms with Crippen LogP contribution in [0.1, 0.15) is 48.1 Å². The number of aromatic nitrogens is 1. The first-order valence-electron chi connectivity index (χ1n) is 8.20. The maximum absolute atomic E-state index is 12.8. The van der Waals surface area contributed by atoms with E-state index in [1.165, 1.54) is 33.0 Å². The van der Waals surface area contributed by atoms with Crippen molar-refractivity contribution in [3.8, 4) is 10.4 Å². The Hall–Kier alpha value is -1.72. The summed E-state index contributed by atoms with van der Waals surface area (Å²) in [5.74, 6) is 0.0975. The Morgan fingerprint density at radius 3 is 2.75 bits per heavy atom. The third kappa shape index (κ3) is 2.30. The number of carbonyl (C=O) groups excluding carboxylic acids is 1. The highest BCUT2D eigenvalue weighted by Crippen LogP contribution is 2.46. The number of hydrogen-bond donors (Lipinski definition) is 1. The van der Waals surface area contributed by atoms with Gasteiger partial charge in [0.15, 0.2) is 5.78 Å². The van der Waals surface area contributed by atoms with Crippen molar-refractivity contribution in [3.05, 3.63) is 33.6 Å². The molecule has 4 rings (SSSR count). The van der Waals surface area contributed by atoms with Gasteiger partial charge in [-0.05, 0) is 36.3 Å². The summed E-state index contributed by atoms with van der Waals surface area (Å²) < 4.78 is 0. The summed E-state index contributed by atoms with van der Waals surface area (Å²) in [5, 5.41) is 3.07. The van der Waals surface area contributed by atoms with Crippen LogP contribution < -0.4 is 5.73 Å². The molecule has 1 aliphatic rings. The fourth-order valence-corrected chi connectivity index (χ4v) is 5.43.